The molecule has 8 rings (SSSR count). The Morgan fingerprint density at radius 1 is 0.580 bits per heavy atom. The fourth-order valence-electron chi connectivity index (χ4n) is 7.10. The van der Waals surface area contributed by atoms with E-state index >= 15 is 0 Å². The maximum Gasteiger partial charge on any atom is 0.282 e. The molecule has 0 unspecified atom stereocenters. The molecule has 0 spiro atoms. The molecule has 3 aromatic carbocycles. The van der Waals surface area contributed by atoms with E-state index in [0.29, 0.717) is 44.7 Å². The first-order valence-corrected chi connectivity index (χ1v) is 26.3. The van der Waals surface area contributed by atoms with Crippen molar-refractivity contribution in [2.75, 3.05) is 52.4 Å². The van der Waals surface area contributed by atoms with E-state index in [1.165, 1.54) is 44.0 Å². The summed E-state index contributed by atoms with van der Waals surface area (Å²) in [5.41, 5.74) is 1.09. The van der Waals surface area contributed by atoms with Crippen LogP contribution in [0.5, 0.6) is 0 Å². The van der Waals surface area contributed by atoms with E-state index in [1.54, 1.807) is 96.0 Å². The van der Waals surface area contributed by atoms with E-state index in [4.69, 9.17) is 23.2 Å². The fraction of sp³-hybridized carbons (Fsp3) is 0.222. The minimum absolute atomic E-state index is 0.0256. The minimum Gasteiger partial charge on any atom is -0.347 e. The highest BCUT2D eigenvalue weighted by Gasteiger charge is 2.34. The van der Waals surface area contributed by atoms with E-state index in [-0.39, 0.29) is 89.7 Å². The molecule has 3 aromatic heterocycles. The summed E-state index contributed by atoms with van der Waals surface area (Å²) in [5.74, 6) is -1.23. The average molecular weight is 1050 g/mol. The lowest BCUT2D eigenvalue weighted by Gasteiger charge is -2.33. The van der Waals surface area contributed by atoms with Crippen LogP contribution in [0.15, 0.2) is 130 Å². The van der Waals surface area contributed by atoms with Crippen LogP contribution < -0.4 is 10.6 Å². The topological polar surface area (TPSA) is 230 Å². The fourth-order valence-corrected chi connectivity index (χ4v) is 13.1. The second-order valence-corrected chi connectivity index (χ2v) is 22.8. The van der Waals surface area contributed by atoms with Gasteiger partial charge in [-0.25, -0.2) is 16.8 Å². The molecule has 4 amide bonds. The monoisotopic (exact) mass is 1050 g/mol. The number of nitrogens with one attached hydrogen (secondary N) is 2. The van der Waals surface area contributed by atoms with Gasteiger partial charge < -0.3 is 20.4 Å². The van der Waals surface area contributed by atoms with Crippen molar-refractivity contribution in [3.8, 4) is 0 Å². The summed E-state index contributed by atoms with van der Waals surface area (Å²) >= 11 is 13.9. The van der Waals surface area contributed by atoms with Crippen LogP contribution in [0.4, 0.5) is 5.69 Å². The number of hydrogen-bond donors (Lipinski definition) is 2. The number of aromatic nitrogens is 1. The smallest absolute Gasteiger partial charge is 0.282 e. The van der Waals surface area contributed by atoms with Crippen LogP contribution in [0, 0.1) is 10.1 Å². The van der Waals surface area contributed by atoms with Crippen molar-refractivity contribution in [3.05, 3.63) is 174 Å². The number of sulfonamides is 2. The highest BCUT2D eigenvalue weighted by atomic mass is 35.5. The summed E-state index contributed by atoms with van der Waals surface area (Å²) < 4.78 is 55.4. The standard InChI is InChI=1S/C23H21ClN4O6S2.C22H21ClN4O4S2/c24-17-7-5-16(6-8-17)22(29)25-15-18-9-10-21(35-18)36(33,34)27-13-11-26(12-14-27)23(30)19-3-1-2-4-20(19)28(31)32;23-18-5-3-16(4-6-18)21(28)25-15-19-7-8-20(32-19)33(30,31)27-12-10-26(11-13-27)22(29)17-2-1-9-24-14-17/h1-10H,11-15H2,(H,25,29);1-9,14H,10-13,15H2,(H,25,28). The predicted octanol–water partition coefficient (Wildman–Crippen LogP) is 6.26. The zero-order valence-electron chi connectivity index (χ0n) is 36.3. The van der Waals surface area contributed by atoms with Crippen LogP contribution in [0.3, 0.4) is 0 Å². The van der Waals surface area contributed by atoms with Gasteiger partial charge in [0, 0.05) is 102 Å². The number of benzene rings is 3. The lowest BCUT2D eigenvalue weighted by Crippen LogP contribution is -2.50. The minimum atomic E-state index is -3.79. The van der Waals surface area contributed by atoms with Crippen LogP contribution in [0.25, 0.3) is 0 Å². The lowest BCUT2D eigenvalue weighted by molar-refractivity contribution is -0.385. The van der Waals surface area contributed by atoms with Crippen molar-refractivity contribution in [2.24, 2.45) is 0 Å². The maximum atomic E-state index is 13.1. The van der Waals surface area contributed by atoms with Gasteiger partial charge in [-0.15, -0.1) is 22.7 Å². The Morgan fingerprint density at radius 3 is 1.46 bits per heavy atom. The summed E-state index contributed by atoms with van der Waals surface area (Å²) in [6.07, 6.45) is 3.10. The molecule has 0 radical (unpaired) electrons. The van der Waals surface area contributed by atoms with E-state index in [1.807, 2.05) is 0 Å². The molecule has 2 aliphatic heterocycles. The van der Waals surface area contributed by atoms with Gasteiger partial charge in [-0.3, -0.25) is 34.3 Å². The average Bonchev–Trinajstić information content (AvgIpc) is 4.07. The molecular weight excluding hydrogens is 1010 g/mol. The predicted molar refractivity (Wildman–Crippen MR) is 261 cm³/mol. The van der Waals surface area contributed by atoms with Crippen molar-refractivity contribution in [1.29, 1.82) is 0 Å². The van der Waals surface area contributed by atoms with Crippen LogP contribution in [-0.4, -0.2) is 121 Å². The van der Waals surface area contributed by atoms with E-state index in [9.17, 15) is 46.1 Å². The Morgan fingerprint density at radius 2 is 1.03 bits per heavy atom. The van der Waals surface area contributed by atoms with Crippen LogP contribution >= 0.6 is 45.9 Å². The number of amides is 4. The van der Waals surface area contributed by atoms with Gasteiger partial charge >= 0.3 is 0 Å². The number of pyridine rings is 1. The number of nitrogens with zero attached hydrogens (tertiary/aromatic N) is 6. The molecule has 2 aliphatic rings. The number of carbonyl (C=O) groups excluding carboxylic acids is 4. The number of hydrogen-bond acceptors (Lipinski definition) is 13. The van der Waals surface area contributed by atoms with Crippen molar-refractivity contribution in [3.63, 3.8) is 0 Å². The lowest BCUT2D eigenvalue weighted by atomic mass is 10.1. The largest absolute Gasteiger partial charge is 0.347 e. The molecule has 0 aliphatic carbocycles. The number of para-hydroxylation sites is 1. The van der Waals surface area contributed by atoms with Crippen molar-refractivity contribution < 1.29 is 40.9 Å². The molecule has 5 heterocycles. The van der Waals surface area contributed by atoms with Gasteiger partial charge in [0.25, 0.3) is 49.4 Å². The van der Waals surface area contributed by atoms with E-state index in [0.717, 1.165) is 27.6 Å². The molecule has 2 saturated heterocycles. The molecule has 2 N–H and O–H groups in total. The quantitative estimate of drug-likeness (QED) is 0.0969. The van der Waals surface area contributed by atoms with Gasteiger partial charge in [0.2, 0.25) is 0 Å². The zero-order chi connectivity index (χ0) is 49.3. The Labute approximate surface area is 415 Å². The van der Waals surface area contributed by atoms with Crippen molar-refractivity contribution in [2.45, 2.75) is 21.5 Å². The third-order valence-corrected chi connectivity index (χ3v) is 18.2. The first kappa shape index (κ1) is 50.8. The first-order chi connectivity index (χ1) is 33.0. The summed E-state index contributed by atoms with van der Waals surface area (Å²) in [6.45, 7) is 1.78. The van der Waals surface area contributed by atoms with E-state index < -0.39 is 30.9 Å². The molecule has 0 atom stereocenters. The van der Waals surface area contributed by atoms with Gasteiger partial charge in [-0.1, -0.05) is 35.3 Å². The van der Waals surface area contributed by atoms with Crippen LogP contribution in [-0.2, 0) is 33.1 Å². The van der Waals surface area contributed by atoms with Gasteiger partial charge in [-0.05, 0) is 91.0 Å². The van der Waals surface area contributed by atoms with Gasteiger partial charge in [-0.2, -0.15) is 8.61 Å². The Hall–Kier alpha value is -6.11. The van der Waals surface area contributed by atoms with Gasteiger partial charge in [0.05, 0.1) is 23.6 Å². The Balaban J connectivity index is 0.000000205. The first-order valence-electron chi connectivity index (χ1n) is 21.0. The highest BCUT2D eigenvalue weighted by Crippen LogP contribution is 2.28. The number of piperazine rings is 2. The van der Waals surface area contributed by atoms with Crippen LogP contribution in [0.2, 0.25) is 10.0 Å². The molecule has 18 nitrogen and oxygen atoms in total. The number of carbonyl (C=O) groups is 4. The molecular formula is C45H42Cl2N8O10S4. The number of nitro benzene ring substituents is 1. The molecule has 24 heteroatoms. The Bertz CT molecular complexity index is 3050. The third kappa shape index (κ3) is 12.6. The van der Waals surface area contributed by atoms with Gasteiger partial charge in [0.15, 0.2) is 0 Å². The van der Waals surface area contributed by atoms with Crippen molar-refractivity contribution in [1.82, 2.24) is 34.0 Å². The number of thiophene rings is 2. The SMILES string of the molecule is O=C(NCc1ccc(S(=O)(=O)N2CCN(C(=O)c3ccccc3[N+](=O)[O-])CC2)s1)c1ccc(Cl)cc1.O=C(NCc1ccc(S(=O)(=O)N2CCN(C(=O)c3cccnc3)CC2)s1)c1ccc(Cl)cc1. The number of rotatable bonds is 13. The summed E-state index contributed by atoms with van der Waals surface area (Å²) in [6, 6.07) is 28.4. The summed E-state index contributed by atoms with van der Waals surface area (Å²) in [4.78, 5) is 68.9. The number of nitro groups is 1. The Kier molecular flexibility index (Phi) is 16.6. The van der Waals surface area contributed by atoms with Crippen molar-refractivity contribution >= 4 is 95.2 Å². The number of halogens is 2. The molecule has 0 saturated carbocycles. The van der Waals surface area contributed by atoms with E-state index in [2.05, 4.69) is 15.6 Å². The molecule has 360 valence electrons. The van der Waals surface area contributed by atoms with Crippen LogP contribution in [0.1, 0.15) is 51.2 Å². The van der Waals surface area contributed by atoms with Gasteiger partial charge in [0.1, 0.15) is 14.0 Å². The molecule has 2 fully saturated rings. The molecule has 6 aromatic rings. The highest BCUT2D eigenvalue weighted by molar-refractivity contribution is 7.91. The zero-order valence-corrected chi connectivity index (χ0v) is 41.1. The second kappa shape index (κ2) is 22.5. The summed E-state index contributed by atoms with van der Waals surface area (Å²) in [5, 5.41) is 17.8. The maximum absolute atomic E-state index is 13.1. The second-order valence-electron chi connectivity index (χ2n) is 15.2. The third-order valence-electron chi connectivity index (χ3n) is 10.8. The summed E-state index contributed by atoms with van der Waals surface area (Å²) in [7, 11) is -7.47. The molecule has 0 bridgehead atoms. The normalized spacial score (nSPS) is 14.6. The molecule has 69 heavy (non-hydrogen) atoms.